The number of amides is 2. The third-order valence-electron chi connectivity index (χ3n) is 3.56. The zero-order chi connectivity index (χ0) is 16.4. The van der Waals surface area contributed by atoms with Crippen LogP contribution in [0, 0.1) is 11.8 Å². The van der Waals surface area contributed by atoms with Gasteiger partial charge in [0.15, 0.2) is 0 Å². The summed E-state index contributed by atoms with van der Waals surface area (Å²) in [5.41, 5.74) is 1.84. The number of imide groups is 1. The van der Waals surface area contributed by atoms with E-state index < -0.39 is 7.12 Å². The Hall–Kier alpha value is -2.88. The summed E-state index contributed by atoms with van der Waals surface area (Å²) >= 11 is 0. The number of carbonyl (C=O) groups excluding carboxylic acids is 2. The Morgan fingerprint density at radius 1 is 0.913 bits per heavy atom. The van der Waals surface area contributed by atoms with E-state index in [0.29, 0.717) is 22.2 Å². The van der Waals surface area contributed by atoms with Crippen molar-refractivity contribution >= 4 is 24.4 Å². The second kappa shape index (κ2) is 6.09. The maximum atomic E-state index is 12.2. The van der Waals surface area contributed by atoms with Gasteiger partial charge in [0.1, 0.15) is 0 Å². The molecule has 0 spiro atoms. The summed E-state index contributed by atoms with van der Waals surface area (Å²) in [6, 6.07) is 13.1. The predicted molar refractivity (Wildman–Crippen MR) is 85.0 cm³/mol. The van der Waals surface area contributed by atoms with Crippen molar-refractivity contribution in [2.24, 2.45) is 0 Å². The van der Waals surface area contributed by atoms with Gasteiger partial charge in [-0.05, 0) is 29.7 Å². The molecule has 3 rings (SSSR count). The molecule has 112 valence electrons. The topological polar surface area (TPSA) is 77.8 Å². The minimum Gasteiger partial charge on any atom is -0.423 e. The fourth-order valence-electron chi connectivity index (χ4n) is 2.34. The largest absolute Gasteiger partial charge is 0.488 e. The van der Waals surface area contributed by atoms with Crippen molar-refractivity contribution < 1.29 is 19.6 Å². The molecule has 1 aliphatic rings. The number of benzene rings is 2. The van der Waals surface area contributed by atoms with Crippen molar-refractivity contribution in [3.05, 3.63) is 65.2 Å². The highest BCUT2D eigenvalue weighted by atomic mass is 16.4. The first-order chi connectivity index (χ1) is 11.1. The lowest BCUT2D eigenvalue weighted by atomic mass is 9.80. The van der Waals surface area contributed by atoms with Crippen molar-refractivity contribution in [3.8, 4) is 11.8 Å². The van der Waals surface area contributed by atoms with Gasteiger partial charge in [0.2, 0.25) is 0 Å². The number of hydrogen-bond acceptors (Lipinski definition) is 4. The summed E-state index contributed by atoms with van der Waals surface area (Å²) in [6.07, 6.45) is 0. The minimum atomic E-state index is -1.52. The van der Waals surface area contributed by atoms with Crippen LogP contribution in [0.25, 0.3) is 0 Å². The first kappa shape index (κ1) is 15.0. The van der Waals surface area contributed by atoms with Crippen LogP contribution in [0.5, 0.6) is 0 Å². The van der Waals surface area contributed by atoms with Gasteiger partial charge in [-0.25, -0.2) is 0 Å². The zero-order valence-electron chi connectivity index (χ0n) is 12.1. The van der Waals surface area contributed by atoms with Crippen molar-refractivity contribution in [2.45, 2.75) is 0 Å². The molecular formula is C17H12BNO4. The lowest BCUT2D eigenvalue weighted by Crippen LogP contribution is -2.30. The Morgan fingerprint density at radius 3 is 2.00 bits per heavy atom. The molecule has 2 N–H and O–H groups in total. The van der Waals surface area contributed by atoms with E-state index in [1.165, 1.54) is 0 Å². The molecule has 0 saturated carbocycles. The Kier molecular flexibility index (Phi) is 3.98. The quantitative estimate of drug-likeness (QED) is 0.466. The highest BCUT2D eigenvalue weighted by Gasteiger charge is 2.34. The summed E-state index contributed by atoms with van der Waals surface area (Å²) in [5.74, 6) is 4.97. The van der Waals surface area contributed by atoms with Crippen LogP contribution in [0.15, 0.2) is 48.5 Å². The summed E-state index contributed by atoms with van der Waals surface area (Å²) in [4.78, 5) is 25.4. The Labute approximate surface area is 133 Å². The lowest BCUT2D eigenvalue weighted by Gasteiger charge is -2.08. The molecule has 0 bridgehead atoms. The van der Waals surface area contributed by atoms with E-state index in [1.54, 1.807) is 48.5 Å². The van der Waals surface area contributed by atoms with E-state index in [-0.39, 0.29) is 18.4 Å². The average molecular weight is 305 g/mol. The fourth-order valence-corrected chi connectivity index (χ4v) is 2.34. The highest BCUT2D eigenvalue weighted by Crippen LogP contribution is 2.21. The van der Waals surface area contributed by atoms with Crippen molar-refractivity contribution in [3.63, 3.8) is 0 Å². The number of carbonyl (C=O) groups is 2. The van der Waals surface area contributed by atoms with Gasteiger partial charge >= 0.3 is 7.12 Å². The van der Waals surface area contributed by atoms with Crippen LogP contribution >= 0.6 is 0 Å². The average Bonchev–Trinajstić information content (AvgIpc) is 2.81. The molecule has 1 aliphatic heterocycles. The van der Waals surface area contributed by atoms with Crippen LogP contribution in [0.1, 0.15) is 26.3 Å². The van der Waals surface area contributed by atoms with E-state index >= 15 is 0 Å². The molecule has 0 aliphatic carbocycles. The van der Waals surface area contributed by atoms with Crippen molar-refractivity contribution in [2.75, 3.05) is 6.54 Å². The second-order valence-electron chi connectivity index (χ2n) is 5.04. The highest BCUT2D eigenvalue weighted by molar-refractivity contribution is 6.58. The van der Waals surface area contributed by atoms with E-state index in [2.05, 4.69) is 11.8 Å². The van der Waals surface area contributed by atoms with Gasteiger partial charge in [-0.15, -0.1) is 0 Å². The lowest BCUT2D eigenvalue weighted by molar-refractivity contribution is 0.0675. The predicted octanol–water partition coefficient (Wildman–Crippen LogP) is 0.0141. The smallest absolute Gasteiger partial charge is 0.423 e. The van der Waals surface area contributed by atoms with Gasteiger partial charge in [0.25, 0.3) is 11.8 Å². The van der Waals surface area contributed by atoms with Crippen LogP contribution in [0.2, 0.25) is 0 Å². The molecule has 0 atom stereocenters. The van der Waals surface area contributed by atoms with Gasteiger partial charge in [-0.1, -0.05) is 36.1 Å². The van der Waals surface area contributed by atoms with E-state index in [9.17, 15) is 9.59 Å². The summed E-state index contributed by atoms with van der Waals surface area (Å²) in [6.45, 7) is 0.0106. The summed E-state index contributed by atoms with van der Waals surface area (Å²) in [5, 5.41) is 18.0. The van der Waals surface area contributed by atoms with E-state index in [0.717, 1.165) is 4.90 Å². The third kappa shape index (κ3) is 2.88. The molecule has 0 aromatic heterocycles. The molecule has 5 nitrogen and oxygen atoms in total. The van der Waals surface area contributed by atoms with E-state index in [4.69, 9.17) is 10.0 Å². The SMILES string of the molecule is O=C1c2ccccc2C(=O)N1CC#Cc1ccc(B(O)O)cc1. The van der Waals surface area contributed by atoms with Gasteiger partial charge in [-0.2, -0.15) is 0 Å². The Bertz CT molecular complexity index is 799. The van der Waals surface area contributed by atoms with Crippen LogP contribution in [-0.4, -0.2) is 40.4 Å². The van der Waals surface area contributed by atoms with Gasteiger partial charge in [0, 0.05) is 5.56 Å². The maximum absolute atomic E-state index is 12.2. The van der Waals surface area contributed by atoms with Crippen LogP contribution < -0.4 is 5.46 Å². The number of hydrogen-bond donors (Lipinski definition) is 2. The Balaban J connectivity index is 1.73. The second-order valence-corrected chi connectivity index (χ2v) is 5.04. The number of nitrogens with zero attached hydrogens (tertiary/aromatic N) is 1. The number of rotatable bonds is 2. The van der Waals surface area contributed by atoms with Gasteiger partial charge < -0.3 is 10.0 Å². The molecule has 2 aromatic carbocycles. The molecule has 1 heterocycles. The van der Waals surface area contributed by atoms with Crippen LogP contribution in [0.3, 0.4) is 0 Å². The molecule has 0 radical (unpaired) electrons. The normalized spacial score (nSPS) is 12.7. The molecule has 0 saturated heterocycles. The third-order valence-corrected chi connectivity index (χ3v) is 3.56. The number of fused-ring (bicyclic) bond motifs is 1. The molecule has 6 heteroatoms. The zero-order valence-corrected chi connectivity index (χ0v) is 12.1. The standard InChI is InChI=1S/C17H12BNO4/c20-16-14-5-1-2-6-15(14)17(21)19(16)11-3-4-12-7-9-13(10-8-12)18(22)23/h1-2,5-10,22-23H,11H2. The maximum Gasteiger partial charge on any atom is 0.488 e. The molecule has 0 unspecified atom stereocenters. The fraction of sp³-hybridized carbons (Fsp3) is 0.0588. The van der Waals surface area contributed by atoms with Crippen LogP contribution in [0.4, 0.5) is 0 Å². The van der Waals surface area contributed by atoms with E-state index in [1.807, 2.05) is 0 Å². The summed E-state index contributed by atoms with van der Waals surface area (Å²) in [7, 11) is -1.52. The molecular weight excluding hydrogens is 293 g/mol. The molecule has 2 amide bonds. The van der Waals surface area contributed by atoms with Gasteiger partial charge in [-0.3, -0.25) is 14.5 Å². The van der Waals surface area contributed by atoms with Crippen molar-refractivity contribution in [1.82, 2.24) is 4.90 Å². The minimum absolute atomic E-state index is 0.0106. The monoisotopic (exact) mass is 305 g/mol. The molecule has 2 aromatic rings. The summed E-state index contributed by atoms with van der Waals surface area (Å²) < 4.78 is 0. The van der Waals surface area contributed by atoms with Crippen molar-refractivity contribution in [1.29, 1.82) is 0 Å². The molecule has 0 fully saturated rings. The Morgan fingerprint density at radius 2 is 1.48 bits per heavy atom. The first-order valence-corrected chi connectivity index (χ1v) is 6.98. The molecule has 23 heavy (non-hydrogen) atoms. The first-order valence-electron chi connectivity index (χ1n) is 6.98. The van der Waals surface area contributed by atoms with Crippen LogP contribution in [-0.2, 0) is 0 Å². The van der Waals surface area contributed by atoms with Gasteiger partial charge in [0.05, 0.1) is 17.7 Å².